The maximum absolute atomic E-state index is 5.33. The summed E-state index contributed by atoms with van der Waals surface area (Å²) in [7, 11) is 0. The molecule has 1 unspecified atom stereocenters. The molecule has 4 nitrogen and oxygen atoms in total. The van der Waals surface area contributed by atoms with Crippen molar-refractivity contribution in [2.75, 3.05) is 19.8 Å². The smallest absolute Gasteiger partial charge is 0.111 e. The Kier molecular flexibility index (Phi) is 4.57. The van der Waals surface area contributed by atoms with Gasteiger partial charge in [-0.2, -0.15) is 0 Å². The molecule has 2 heterocycles. The van der Waals surface area contributed by atoms with Crippen molar-refractivity contribution in [2.24, 2.45) is 0 Å². The highest BCUT2D eigenvalue weighted by atomic mass is 16.5. The number of hydrogen-bond donors (Lipinski definition) is 1. The van der Waals surface area contributed by atoms with E-state index < -0.39 is 0 Å². The lowest BCUT2D eigenvalue weighted by atomic mass is 10.2. The lowest BCUT2D eigenvalue weighted by Gasteiger charge is -2.12. The number of aryl methyl sites for hydroxylation is 1. The summed E-state index contributed by atoms with van der Waals surface area (Å²) in [6.45, 7) is 8.27. The van der Waals surface area contributed by atoms with Gasteiger partial charge < -0.3 is 14.6 Å². The Morgan fingerprint density at radius 2 is 2.47 bits per heavy atom. The monoisotopic (exact) mass is 237 g/mol. The Hall–Kier alpha value is -0.870. The van der Waals surface area contributed by atoms with E-state index in [0.717, 1.165) is 39.1 Å². The third kappa shape index (κ3) is 3.54. The lowest BCUT2D eigenvalue weighted by Crippen LogP contribution is -2.30. The summed E-state index contributed by atoms with van der Waals surface area (Å²) in [6.07, 6.45) is 6.27. The third-order valence-corrected chi connectivity index (χ3v) is 3.20. The van der Waals surface area contributed by atoms with Gasteiger partial charge in [0.15, 0.2) is 0 Å². The molecule has 0 amide bonds. The summed E-state index contributed by atoms with van der Waals surface area (Å²) < 4.78 is 7.59. The first-order chi connectivity index (χ1) is 8.27. The number of ether oxygens (including phenoxy) is 1. The van der Waals surface area contributed by atoms with Crippen LogP contribution in [0.1, 0.15) is 38.4 Å². The molecule has 1 saturated heterocycles. The Morgan fingerprint density at radius 3 is 3.18 bits per heavy atom. The van der Waals surface area contributed by atoms with E-state index in [0.29, 0.717) is 12.0 Å². The summed E-state index contributed by atoms with van der Waals surface area (Å²) in [6, 6.07) is 0.572. The van der Waals surface area contributed by atoms with Gasteiger partial charge in [0.05, 0.1) is 6.61 Å². The highest BCUT2D eigenvalue weighted by molar-refractivity contribution is 4.97. The molecule has 2 rings (SSSR count). The first-order valence-electron chi connectivity index (χ1n) is 6.59. The van der Waals surface area contributed by atoms with E-state index in [2.05, 4.69) is 34.9 Å². The SMILES string of the molecule is CC(C)c1nccn1CCCNC1CCOC1. The summed E-state index contributed by atoms with van der Waals surface area (Å²) in [4.78, 5) is 4.39. The van der Waals surface area contributed by atoms with Crippen molar-refractivity contribution in [3.63, 3.8) is 0 Å². The average Bonchev–Trinajstić information content (AvgIpc) is 2.95. The van der Waals surface area contributed by atoms with Crippen molar-refractivity contribution in [1.82, 2.24) is 14.9 Å². The van der Waals surface area contributed by atoms with Crippen molar-refractivity contribution in [3.8, 4) is 0 Å². The molecule has 1 aliphatic heterocycles. The number of rotatable bonds is 6. The van der Waals surface area contributed by atoms with Crippen LogP contribution < -0.4 is 5.32 Å². The van der Waals surface area contributed by atoms with Gasteiger partial charge in [0.2, 0.25) is 0 Å². The number of nitrogens with one attached hydrogen (secondary N) is 1. The number of imidazole rings is 1. The van der Waals surface area contributed by atoms with Crippen LogP contribution in [0, 0.1) is 0 Å². The quantitative estimate of drug-likeness (QED) is 0.766. The van der Waals surface area contributed by atoms with Crippen LogP contribution in [0.2, 0.25) is 0 Å². The van der Waals surface area contributed by atoms with Gasteiger partial charge in [-0.1, -0.05) is 13.8 Å². The Bertz CT molecular complexity index is 329. The van der Waals surface area contributed by atoms with Crippen LogP contribution in [0.5, 0.6) is 0 Å². The highest BCUT2D eigenvalue weighted by Gasteiger charge is 2.14. The van der Waals surface area contributed by atoms with Gasteiger partial charge >= 0.3 is 0 Å². The van der Waals surface area contributed by atoms with Gasteiger partial charge in [-0.15, -0.1) is 0 Å². The number of aromatic nitrogens is 2. The summed E-state index contributed by atoms with van der Waals surface area (Å²) in [5.41, 5.74) is 0. The van der Waals surface area contributed by atoms with E-state index in [1.807, 2.05) is 6.20 Å². The lowest BCUT2D eigenvalue weighted by molar-refractivity contribution is 0.190. The maximum atomic E-state index is 5.33. The largest absolute Gasteiger partial charge is 0.380 e. The first-order valence-corrected chi connectivity index (χ1v) is 6.59. The minimum Gasteiger partial charge on any atom is -0.380 e. The maximum Gasteiger partial charge on any atom is 0.111 e. The highest BCUT2D eigenvalue weighted by Crippen LogP contribution is 2.11. The molecule has 1 aliphatic rings. The summed E-state index contributed by atoms with van der Waals surface area (Å²) in [5.74, 6) is 1.69. The van der Waals surface area contributed by atoms with Crippen LogP contribution in [0.3, 0.4) is 0 Å². The van der Waals surface area contributed by atoms with Crippen LogP contribution in [0.25, 0.3) is 0 Å². The molecule has 1 N–H and O–H groups in total. The molecule has 0 radical (unpaired) electrons. The Balaban J connectivity index is 1.68. The third-order valence-electron chi connectivity index (χ3n) is 3.20. The average molecular weight is 237 g/mol. The molecule has 96 valence electrons. The van der Waals surface area contributed by atoms with Crippen LogP contribution in [0.15, 0.2) is 12.4 Å². The van der Waals surface area contributed by atoms with Gasteiger partial charge in [-0.3, -0.25) is 0 Å². The molecule has 0 spiro atoms. The molecule has 4 heteroatoms. The molecule has 1 aromatic rings. The van der Waals surface area contributed by atoms with Gasteiger partial charge in [-0.25, -0.2) is 4.98 Å². The fourth-order valence-electron chi connectivity index (χ4n) is 2.26. The number of nitrogens with zero attached hydrogens (tertiary/aromatic N) is 2. The normalized spacial score (nSPS) is 20.3. The molecule has 0 saturated carbocycles. The second-order valence-corrected chi connectivity index (χ2v) is 5.00. The molecule has 0 aromatic carbocycles. The summed E-state index contributed by atoms with van der Waals surface area (Å²) in [5, 5.41) is 3.53. The molecular formula is C13H23N3O. The number of hydrogen-bond acceptors (Lipinski definition) is 3. The first kappa shape index (κ1) is 12.6. The zero-order valence-corrected chi connectivity index (χ0v) is 10.9. The standard InChI is InChI=1S/C13H23N3O/c1-11(2)13-15-6-8-16(13)7-3-5-14-12-4-9-17-10-12/h6,8,11-12,14H,3-5,7,9-10H2,1-2H3. The summed E-state index contributed by atoms with van der Waals surface area (Å²) >= 11 is 0. The second-order valence-electron chi connectivity index (χ2n) is 5.00. The Labute approximate surface area is 103 Å². The van der Waals surface area contributed by atoms with Crippen LogP contribution in [-0.4, -0.2) is 35.4 Å². The van der Waals surface area contributed by atoms with E-state index in [9.17, 15) is 0 Å². The van der Waals surface area contributed by atoms with E-state index in [-0.39, 0.29) is 0 Å². The molecule has 0 aliphatic carbocycles. The van der Waals surface area contributed by atoms with E-state index in [4.69, 9.17) is 4.74 Å². The molecule has 1 fully saturated rings. The molecule has 1 atom stereocenters. The van der Waals surface area contributed by atoms with Gasteiger partial charge in [-0.05, 0) is 19.4 Å². The zero-order chi connectivity index (χ0) is 12.1. The van der Waals surface area contributed by atoms with E-state index >= 15 is 0 Å². The predicted octanol–water partition coefficient (Wildman–Crippen LogP) is 1.78. The predicted molar refractivity (Wildman–Crippen MR) is 68.2 cm³/mol. The van der Waals surface area contributed by atoms with Crippen LogP contribution in [-0.2, 0) is 11.3 Å². The fourth-order valence-corrected chi connectivity index (χ4v) is 2.26. The molecule has 1 aromatic heterocycles. The van der Waals surface area contributed by atoms with Gasteiger partial charge in [0, 0.05) is 37.5 Å². The van der Waals surface area contributed by atoms with Crippen LogP contribution in [0.4, 0.5) is 0 Å². The van der Waals surface area contributed by atoms with Gasteiger partial charge in [0.1, 0.15) is 5.82 Å². The second kappa shape index (κ2) is 6.17. The minimum absolute atomic E-state index is 0.501. The zero-order valence-electron chi connectivity index (χ0n) is 10.9. The fraction of sp³-hybridized carbons (Fsp3) is 0.769. The van der Waals surface area contributed by atoms with Crippen molar-refractivity contribution in [1.29, 1.82) is 0 Å². The minimum atomic E-state index is 0.501. The van der Waals surface area contributed by atoms with E-state index in [1.54, 1.807) is 0 Å². The molecular weight excluding hydrogens is 214 g/mol. The van der Waals surface area contributed by atoms with Gasteiger partial charge in [0.25, 0.3) is 0 Å². The van der Waals surface area contributed by atoms with E-state index in [1.165, 1.54) is 5.82 Å². The Morgan fingerprint density at radius 1 is 1.59 bits per heavy atom. The molecule has 17 heavy (non-hydrogen) atoms. The van der Waals surface area contributed by atoms with Crippen molar-refractivity contribution >= 4 is 0 Å². The van der Waals surface area contributed by atoms with Crippen molar-refractivity contribution in [3.05, 3.63) is 18.2 Å². The van der Waals surface area contributed by atoms with Crippen molar-refractivity contribution < 1.29 is 4.74 Å². The van der Waals surface area contributed by atoms with Crippen LogP contribution >= 0.6 is 0 Å². The molecule has 0 bridgehead atoms. The van der Waals surface area contributed by atoms with Crippen molar-refractivity contribution in [2.45, 2.75) is 45.2 Å². The topological polar surface area (TPSA) is 39.1 Å².